The quantitative estimate of drug-likeness (QED) is 0.392. The predicted octanol–water partition coefficient (Wildman–Crippen LogP) is -1.79. The Labute approximate surface area is 91.6 Å². The molecule has 0 aromatic carbocycles. The third kappa shape index (κ3) is 3.28. The van der Waals surface area contributed by atoms with Gasteiger partial charge < -0.3 is 8.97 Å². The fourth-order valence-corrected chi connectivity index (χ4v) is 0.969. The molecule has 1 aromatic heterocycles. The number of oxazole rings is 1. The Balaban J connectivity index is 0.00000144. The van der Waals surface area contributed by atoms with E-state index in [0.717, 1.165) is 0 Å². The molecule has 1 unspecified atom stereocenters. The molecule has 1 rings (SSSR count). The molecule has 0 saturated heterocycles. The van der Waals surface area contributed by atoms with Crippen molar-refractivity contribution in [3.05, 3.63) is 12.1 Å². The van der Waals surface area contributed by atoms with Crippen LogP contribution in [0.15, 0.2) is 15.7 Å². The fourth-order valence-electron chi connectivity index (χ4n) is 0.683. The van der Waals surface area contributed by atoms with Crippen LogP contribution in [-0.2, 0) is 16.5 Å². The number of aromatic nitrogens is 1. The second-order valence-electron chi connectivity index (χ2n) is 3.47. The summed E-state index contributed by atoms with van der Waals surface area (Å²) in [6.07, 6.45) is 1.21. The van der Waals surface area contributed by atoms with E-state index in [2.05, 4.69) is 4.98 Å². The molecular weight excluding hydrogens is 185 g/mol. The minimum absolute atomic E-state index is 0. The van der Waals surface area contributed by atoms with Crippen molar-refractivity contribution < 1.29 is 32.0 Å². The zero-order valence-corrected chi connectivity index (χ0v) is 8.97. The van der Waals surface area contributed by atoms with E-state index in [-0.39, 0.29) is 29.4 Å². The molecule has 0 aliphatic rings. The Morgan fingerprint density at radius 1 is 1.54 bits per heavy atom. The van der Waals surface area contributed by atoms with E-state index in [1.807, 2.05) is 20.8 Å². The molecule has 13 heavy (non-hydrogen) atoms. The van der Waals surface area contributed by atoms with E-state index in [1.54, 1.807) is 0 Å². The molecule has 1 atom stereocenters. The first-order chi connectivity index (χ1) is 5.41. The Bertz CT molecular complexity index is 305. The van der Waals surface area contributed by atoms with Crippen LogP contribution >= 0.6 is 0 Å². The van der Waals surface area contributed by atoms with E-state index >= 15 is 0 Å². The van der Waals surface area contributed by atoms with Crippen LogP contribution in [0.2, 0.25) is 0 Å². The third-order valence-corrected chi connectivity index (χ3v) is 1.81. The van der Waals surface area contributed by atoms with Crippen LogP contribution in [-0.4, -0.2) is 13.7 Å². The molecule has 0 N–H and O–H groups in total. The van der Waals surface area contributed by atoms with Crippen molar-refractivity contribution >= 4 is 11.1 Å². The van der Waals surface area contributed by atoms with Crippen molar-refractivity contribution in [2.45, 2.75) is 31.3 Å². The second-order valence-corrected chi connectivity index (χ2v) is 4.34. The van der Waals surface area contributed by atoms with E-state index in [1.165, 1.54) is 6.20 Å². The molecule has 0 aliphatic carbocycles. The van der Waals surface area contributed by atoms with Gasteiger partial charge in [0.15, 0.2) is 5.09 Å². The SMILES string of the molecule is CC(C)(C)c1ncc(S(=O)[O-])o1.[Li+]. The summed E-state index contributed by atoms with van der Waals surface area (Å²) < 4.78 is 25.8. The average molecular weight is 195 g/mol. The smallest absolute Gasteiger partial charge is 0.766 e. The molecule has 68 valence electrons. The molecule has 4 nitrogen and oxygen atoms in total. The van der Waals surface area contributed by atoms with E-state index < -0.39 is 11.1 Å². The topological polar surface area (TPSA) is 66.2 Å². The molecule has 0 amide bonds. The maximum atomic E-state index is 10.4. The summed E-state index contributed by atoms with van der Waals surface area (Å²) in [5, 5.41) is -0.111. The van der Waals surface area contributed by atoms with Crippen LogP contribution < -0.4 is 18.9 Å². The van der Waals surface area contributed by atoms with E-state index in [4.69, 9.17) is 4.42 Å². The number of hydrogen-bond donors (Lipinski definition) is 0. The summed E-state index contributed by atoms with van der Waals surface area (Å²) in [6, 6.07) is 0. The van der Waals surface area contributed by atoms with Crippen LogP contribution in [0.3, 0.4) is 0 Å². The fraction of sp³-hybridized carbons (Fsp3) is 0.571. The molecule has 1 aromatic rings. The maximum absolute atomic E-state index is 10.4. The van der Waals surface area contributed by atoms with Gasteiger partial charge in [-0.3, -0.25) is 4.21 Å². The van der Waals surface area contributed by atoms with Crippen LogP contribution in [0.25, 0.3) is 0 Å². The van der Waals surface area contributed by atoms with Crippen molar-refractivity contribution in [2.75, 3.05) is 0 Å². The molecule has 6 heteroatoms. The first-order valence-electron chi connectivity index (χ1n) is 3.47. The van der Waals surface area contributed by atoms with E-state index in [0.29, 0.717) is 5.89 Å². The number of hydrogen-bond acceptors (Lipinski definition) is 4. The largest absolute Gasteiger partial charge is 1.00 e. The number of rotatable bonds is 1. The van der Waals surface area contributed by atoms with Crippen molar-refractivity contribution in [1.82, 2.24) is 4.98 Å². The van der Waals surface area contributed by atoms with Crippen LogP contribution in [0.4, 0.5) is 0 Å². The van der Waals surface area contributed by atoms with Gasteiger partial charge in [0.05, 0.1) is 6.20 Å². The van der Waals surface area contributed by atoms with Gasteiger partial charge in [0, 0.05) is 16.5 Å². The van der Waals surface area contributed by atoms with Gasteiger partial charge in [-0.05, 0) is 0 Å². The molecule has 0 aliphatic heterocycles. The van der Waals surface area contributed by atoms with Gasteiger partial charge in [0.2, 0.25) is 5.89 Å². The standard InChI is InChI=1S/C7H11NO3S.Li/c1-7(2,3)6-8-4-5(11-6)12(9)10;/h4H,1-3H3,(H,9,10);/q;+1/p-1. The summed E-state index contributed by atoms with van der Waals surface area (Å²) in [6.45, 7) is 5.70. The summed E-state index contributed by atoms with van der Waals surface area (Å²) in [7, 11) is 0. The van der Waals surface area contributed by atoms with Gasteiger partial charge >= 0.3 is 18.9 Å². The Hall–Kier alpha value is -0.0826. The first-order valence-corrected chi connectivity index (χ1v) is 4.54. The molecular formula is C7H10LiNO3S. The van der Waals surface area contributed by atoms with Gasteiger partial charge in [-0.2, -0.15) is 0 Å². The van der Waals surface area contributed by atoms with Gasteiger partial charge in [0.25, 0.3) is 0 Å². The van der Waals surface area contributed by atoms with Gasteiger partial charge in [0.1, 0.15) is 0 Å². The molecule has 0 fully saturated rings. The molecule has 0 spiro atoms. The van der Waals surface area contributed by atoms with E-state index in [9.17, 15) is 8.76 Å². The predicted molar refractivity (Wildman–Crippen MR) is 42.4 cm³/mol. The monoisotopic (exact) mass is 195 g/mol. The zero-order chi connectivity index (χ0) is 9.35. The summed E-state index contributed by atoms with van der Waals surface area (Å²) in [5.41, 5.74) is -0.252. The Kier molecular flexibility index (Phi) is 4.40. The second kappa shape index (κ2) is 4.42. The summed E-state index contributed by atoms with van der Waals surface area (Å²) in [5.74, 6) is 0.432. The summed E-state index contributed by atoms with van der Waals surface area (Å²) in [4.78, 5) is 3.85. The van der Waals surface area contributed by atoms with Crippen LogP contribution in [0, 0.1) is 0 Å². The molecule has 0 saturated carbocycles. The van der Waals surface area contributed by atoms with Gasteiger partial charge in [-0.15, -0.1) is 0 Å². The minimum Gasteiger partial charge on any atom is -0.766 e. The van der Waals surface area contributed by atoms with Crippen molar-refractivity contribution in [3.8, 4) is 0 Å². The maximum Gasteiger partial charge on any atom is 1.00 e. The first kappa shape index (κ1) is 12.9. The molecule has 0 radical (unpaired) electrons. The minimum atomic E-state index is -2.32. The van der Waals surface area contributed by atoms with Crippen molar-refractivity contribution in [1.29, 1.82) is 0 Å². The third-order valence-electron chi connectivity index (χ3n) is 1.29. The van der Waals surface area contributed by atoms with Crippen molar-refractivity contribution in [2.24, 2.45) is 0 Å². The van der Waals surface area contributed by atoms with Crippen molar-refractivity contribution in [3.63, 3.8) is 0 Å². The average Bonchev–Trinajstić information content (AvgIpc) is 2.30. The Morgan fingerprint density at radius 3 is 2.31 bits per heavy atom. The number of nitrogens with zero attached hydrogens (tertiary/aromatic N) is 1. The molecule has 0 bridgehead atoms. The Morgan fingerprint density at radius 2 is 2.08 bits per heavy atom. The van der Waals surface area contributed by atoms with Gasteiger partial charge in [-0.25, -0.2) is 4.98 Å². The molecule has 1 heterocycles. The van der Waals surface area contributed by atoms with Crippen LogP contribution in [0.1, 0.15) is 26.7 Å². The normalized spacial score (nSPS) is 13.5. The van der Waals surface area contributed by atoms with Crippen LogP contribution in [0.5, 0.6) is 0 Å². The zero-order valence-electron chi connectivity index (χ0n) is 8.16. The van der Waals surface area contributed by atoms with Gasteiger partial charge in [-0.1, -0.05) is 20.8 Å². The summed E-state index contributed by atoms with van der Waals surface area (Å²) >= 11 is -2.32.